The topological polar surface area (TPSA) is 46.3 Å². The zero-order valence-corrected chi connectivity index (χ0v) is 11.2. The van der Waals surface area contributed by atoms with Crippen LogP contribution in [0.25, 0.3) is 0 Å². The van der Waals surface area contributed by atoms with Crippen LogP contribution >= 0.6 is 0 Å². The van der Waals surface area contributed by atoms with Gasteiger partial charge in [-0.05, 0) is 30.0 Å². The molecule has 1 amide bonds. The van der Waals surface area contributed by atoms with E-state index in [1.807, 2.05) is 13.8 Å². The number of halogens is 1. The first-order chi connectivity index (χ1) is 8.40. The van der Waals surface area contributed by atoms with E-state index < -0.39 is 6.04 Å². The molecule has 1 aromatic carbocycles. The minimum absolute atomic E-state index is 0.104. The number of benzene rings is 1. The number of amides is 1. The third kappa shape index (κ3) is 4.45. The number of nitrogens with zero attached hydrogens (tertiary/aromatic N) is 1. The van der Waals surface area contributed by atoms with Crippen LogP contribution in [-0.4, -0.2) is 23.9 Å². The summed E-state index contributed by atoms with van der Waals surface area (Å²) < 4.78 is 13.0. The lowest BCUT2D eigenvalue weighted by atomic mass is 10.0. The molecule has 0 bridgehead atoms. The fourth-order valence-electron chi connectivity index (χ4n) is 1.88. The Labute approximate surface area is 108 Å². The smallest absolute Gasteiger partial charge is 0.239 e. The Morgan fingerprint density at radius 1 is 1.44 bits per heavy atom. The van der Waals surface area contributed by atoms with Crippen molar-refractivity contribution in [1.82, 2.24) is 4.90 Å². The first kappa shape index (κ1) is 14.6. The molecule has 0 heterocycles. The molecule has 0 aliphatic carbocycles. The van der Waals surface area contributed by atoms with Gasteiger partial charge < -0.3 is 10.6 Å². The van der Waals surface area contributed by atoms with Crippen molar-refractivity contribution in [2.45, 2.75) is 32.9 Å². The maximum Gasteiger partial charge on any atom is 0.239 e. The maximum atomic E-state index is 13.0. The van der Waals surface area contributed by atoms with Crippen molar-refractivity contribution < 1.29 is 9.18 Å². The van der Waals surface area contributed by atoms with Crippen molar-refractivity contribution in [2.75, 3.05) is 7.05 Å². The molecule has 0 aromatic heterocycles. The van der Waals surface area contributed by atoms with E-state index in [1.165, 1.54) is 12.1 Å². The normalized spacial score (nSPS) is 12.6. The molecule has 0 saturated heterocycles. The molecule has 1 aromatic rings. The van der Waals surface area contributed by atoms with Crippen molar-refractivity contribution in [3.05, 3.63) is 35.6 Å². The molecule has 3 nitrogen and oxygen atoms in total. The Kier molecular flexibility index (Phi) is 5.28. The molecule has 18 heavy (non-hydrogen) atoms. The molecule has 2 N–H and O–H groups in total. The average Bonchev–Trinajstić information content (AvgIpc) is 2.27. The quantitative estimate of drug-likeness (QED) is 0.873. The third-order valence-electron chi connectivity index (χ3n) is 2.73. The Morgan fingerprint density at radius 2 is 2.11 bits per heavy atom. The van der Waals surface area contributed by atoms with Crippen molar-refractivity contribution in [2.24, 2.45) is 11.7 Å². The van der Waals surface area contributed by atoms with E-state index in [4.69, 9.17) is 5.73 Å². The highest BCUT2D eigenvalue weighted by Crippen LogP contribution is 2.09. The second kappa shape index (κ2) is 6.50. The molecule has 0 spiro atoms. The SMILES string of the molecule is CC(C)C[C@H](N)C(=O)N(C)Cc1cccc(F)c1. The lowest BCUT2D eigenvalue weighted by Gasteiger charge is -2.22. The predicted molar refractivity (Wildman–Crippen MR) is 70.3 cm³/mol. The zero-order valence-electron chi connectivity index (χ0n) is 11.2. The molecule has 100 valence electrons. The fourth-order valence-corrected chi connectivity index (χ4v) is 1.88. The van der Waals surface area contributed by atoms with E-state index in [-0.39, 0.29) is 11.7 Å². The molecule has 0 radical (unpaired) electrons. The van der Waals surface area contributed by atoms with E-state index in [0.29, 0.717) is 18.9 Å². The van der Waals surface area contributed by atoms with Gasteiger partial charge >= 0.3 is 0 Å². The number of hydrogen-bond donors (Lipinski definition) is 1. The van der Waals surface area contributed by atoms with Crippen LogP contribution in [0.15, 0.2) is 24.3 Å². The van der Waals surface area contributed by atoms with Crippen LogP contribution in [0.3, 0.4) is 0 Å². The minimum Gasteiger partial charge on any atom is -0.340 e. The van der Waals surface area contributed by atoms with E-state index in [0.717, 1.165) is 5.56 Å². The Morgan fingerprint density at radius 3 is 2.67 bits per heavy atom. The van der Waals surface area contributed by atoms with Crippen LogP contribution < -0.4 is 5.73 Å². The Balaban J connectivity index is 2.59. The standard InChI is InChI=1S/C14H21FN2O/c1-10(2)7-13(16)14(18)17(3)9-11-5-4-6-12(15)8-11/h4-6,8,10,13H,7,9,16H2,1-3H3/t13-/m0/s1. The van der Waals surface area contributed by atoms with E-state index >= 15 is 0 Å². The highest BCUT2D eigenvalue weighted by atomic mass is 19.1. The molecule has 0 aliphatic heterocycles. The molecule has 1 rings (SSSR count). The van der Waals surface area contributed by atoms with Gasteiger partial charge in [-0.25, -0.2) is 4.39 Å². The zero-order chi connectivity index (χ0) is 13.7. The monoisotopic (exact) mass is 252 g/mol. The van der Waals surface area contributed by atoms with Gasteiger partial charge in [0.2, 0.25) is 5.91 Å². The van der Waals surface area contributed by atoms with Crippen LogP contribution in [0.5, 0.6) is 0 Å². The number of carbonyl (C=O) groups excluding carboxylic acids is 1. The molecule has 0 saturated carbocycles. The summed E-state index contributed by atoms with van der Waals surface area (Å²) in [5.41, 5.74) is 6.60. The average molecular weight is 252 g/mol. The van der Waals surface area contributed by atoms with Crippen LogP contribution in [0, 0.1) is 11.7 Å². The summed E-state index contributed by atoms with van der Waals surface area (Å²) in [6, 6.07) is 5.76. The fraction of sp³-hybridized carbons (Fsp3) is 0.500. The van der Waals surface area contributed by atoms with Crippen molar-refractivity contribution in [1.29, 1.82) is 0 Å². The van der Waals surface area contributed by atoms with Gasteiger partial charge in [-0.1, -0.05) is 26.0 Å². The highest BCUT2D eigenvalue weighted by molar-refractivity contribution is 5.81. The summed E-state index contributed by atoms with van der Waals surface area (Å²) in [5.74, 6) is -0.0145. The minimum atomic E-state index is -0.483. The van der Waals surface area contributed by atoms with Crippen LogP contribution in [0.1, 0.15) is 25.8 Å². The van der Waals surface area contributed by atoms with Gasteiger partial charge in [0.05, 0.1) is 6.04 Å². The molecule has 0 aliphatic rings. The summed E-state index contributed by atoms with van der Waals surface area (Å²) in [6.07, 6.45) is 0.659. The number of nitrogens with two attached hydrogens (primary N) is 1. The summed E-state index contributed by atoms with van der Waals surface area (Å²) in [4.78, 5) is 13.5. The first-order valence-corrected chi connectivity index (χ1v) is 6.15. The predicted octanol–water partition coefficient (Wildman–Crippen LogP) is 2.16. The molecule has 4 heteroatoms. The summed E-state index contributed by atoms with van der Waals surface area (Å²) in [5, 5.41) is 0. The van der Waals surface area contributed by atoms with Gasteiger partial charge in [0.15, 0.2) is 0 Å². The maximum absolute atomic E-state index is 13.0. The van der Waals surface area contributed by atoms with Crippen molar-refractivity contribution >= 4 is 5.91 Å². The first-order valence-electron chi connectivity index (χ1n) is 6.15. The largest absolute Gasteiger partial charge is 0.340 e. The van der Waals surface area contributed by atoms with Crippen LogP contribution in [-0.2, 0) is 11.3 Å². The van der Waals surface area contributed by atoms with Crippen LogP contribution in [0.4, 0.5) is 4.39 Å². The van der Waals surface area contributed by atoms with Crippen molar-refractivity contribution in [3.8, 4) is 0 Å². The summed E-state index contributed by atoms with van der Waals surface area (Å²) >= 11 is 0. The van der Waals surface area contributed by atoms with Gasteiger partial charge in [0.1, 0.15) is 5.82 Å². The van der Waals surface area contributed by atoms with E-state index in [9.17, 15) is 9.18 Å². The van der Waals surface area contributed by atoms with Crippen LogP contribution in [0.2, 0.25) is 0 Å². The van der Waals surface area contributed by atoms with Gasteiger partial charge in [-0.15, -0.1) is 0 Å². The molecule has 1 atom stereocenters. The van der Waals surface area contributed by atoms with Gasteiger partial charge in [0, 0.05) is 13.6 Å². The number of hydrogen-bond acceptors (Lipinski definition) is 2. The summed E-state index contributed by atoms with van der Waals surface area (Å²) in [6.45, 7) is 4.43. The second-order valence-corrected chi connectivity index (χ2v) is 5.06. The Hall–Kier alpha value is -1.42. The molecular weight excluding hydrogens is 231 g/mol. The molecule has 0 unspecified atom stereocenters. The molecular formula is C14H21FN2O. The lowest BCUT2D eigenvalue weighted by Crippen LogP contribution is -2.42. The van der Waals surface area contributed by atoms with E-state index in [1.54, 1.807) is 24.1 Å². The highest BCUT2D eigenvalue weighted by Gasteiger charge is 2.19. The lowest BCUT2D eigenvalue weighted by molar-refractivity contribution is -0.132. The number of likely N-dealkylation sites (N-methyl/N-ethyl adjacent to an activating group) is 1. The third-order valence-corrected chi connectivity index (χ3v) is 2.73. The number of rotatable bonds is 5. The second-order valence-electron chi connectivity index (χ2n) is 5.06. The van der Waals surface area contributed by atoms with Crippen molar-refractivity contribution in [3.63, 3.8) is 0 Å². The van der Waals surface area contributed by atoms with E-state index in [2.05, 4.69) is 0 Å². The number of carbonyl (C=O) groups is 1. The Bertz CT molecular complexity index is 407. The summed E-state index contributed by atoms with van der Waals surface area (Å²) in [7, 11) is 1.69. The van der Waals surface area contributed by atoms with Gasteiger partial charge in [0.25, 0.3) is 0 Å². The van der Waals surface area contributed by atoms with Gasteiger partial charge in [-0.2, -0.15) is 0 Å². The molecule has 0 fully saturated rings. The van der Waals surface area contributed by atoms with Gasteiger partial charge in [-0.3, -0.25) is 4.79 Å².